The van der Waals surface area contributed by atoms with Crippen LogP contribution in [-0.2, 0) is 0 Å². The van der Waals surface area contributed by atoms with Crippen LogP contribution >= 0.6 is 13.5 Å². The predicted octanol–water partition coefficient (Wildman–Crippen LogP) is 1.05. The summed E-state index contributed by atoms with van der Waals surface area (Å²) in [5, 5.41) is 0. The van der Waals surface area contributed by atoms with E-state index < -0.39 is 0 Å². The summed E-state index contributed by atoms with van der Waals surface area (Å²) in [6.07, 6.45) is 0. The van der Waals surface area contributed by atoms with E-state index in [1.165, 1.54) is 0 Å². The van der Waals surface area contributed by atoms with Crippen molar-refractivity contribution in [3.63, 3.8) is 0 Å². The third-order valence-electron chi connectivity index (χ3n) is 0. The fourth-order valence-corrected chi connectivity index (χ4v) is 0. The molecule has 0 aliphatic heterocycles. The van der Waals surface area contributed by atoms with Gasteiger partial charge in [0.1, 0.15) is 0 Å². The van der Waals surface area contributed by atoms with E-state index in [4.69, 9.17) is 0 Å². The van der Waals surface area contributed by atoms with Crippen LogP contribution in [0.5, 0.6) is 0 Å². The Kier molecular flexibility index (Phi) is 87400. The largest absolute Gasteiger partial charge is 0.269 e. The molecule has 3 heteroatoms. The first-order valence-corrected chi connectivity index (χ1v) is 0. The van der Waals surface area contributed by atoms with Crippen molar-refractivity contribution in [3.8, 4) is 0 Å². The molecule has 0 N–H and O–H groups in total. The van der Waals surface area contributed by atoms with E-state index in [1.54, 1.807) is 0 Å². The molecule has 0 heterocycles. The lowest BCUT2D eigenvalue weighted by atomic mass is 12.0. The van der Waals surface area contributed by atoms with Gasteiger partial charge in [-0.2, -0.15) is 13.5 Å². The van der Waals surface area contributed by atoms with E-state index in [0.29, 0.717) is 0 Å². The Morgan fingerprint density at radius 2 is 0.750 bits per heavy atom. The summed E-state index contributed by atoms with van der Waals surface area (Å²) in [5.41, 5.74) is 0. The third-order valence-corrected chi connectivity index (χ3v) is 0. The Balaban J connectivity index is 0. The van der Waals surface area contributed by atoms with Gasteiger partial charge < -0.3 is 0 Å². The fourth-order valence-electron chi connectivity index (χ4n) is 0. The van der Waals surface area contributed by atoms with Gasteiger partial charge in [0, 0.05) is 0 Å². The summed E-state index contributed by atoms with van der Waals surface area (Å²) in [6.45, 7) is 0. The van der Waals surface area contributed by atoms with Crippen LogP contribution < -0.4 is 0 Å². The van der Waals surface area contributed by atoms with Crippen molar-refractivity contribution in [1.82, 2.24) is 0 Å². The molecule has 0 atom stereocenters. The maximum atomic E-state index is 0. The van der Waals surface area contributed by atoms with Crippen LogP contribution in [0.15, 0.2) is 0 Å². The van der Waals surface area contributed by atoms with Crippen molar-refractivity contribution in [2.24, 2.45) is 0 Å². The number of hydrogen-bond donors (Lipinski definition) is 0. The van der Waals surface area contributed by atoms with Gasteiger partial charge in [-0.25, -0.2) is 0 Å². The molecular formula is CH8F2S. The topological polar surface area (TPSA) is 0 Å². The maximum Gasteiger partial charge on any atom is -0.0776 e. The Morgan fingerprint density at radius 3 is 0.750 bits per heavy atom. The van der Waals surface area contributed by atoms with Crippen molar-refractivity contribution >= 4 is 13.5 Å². The number of rotatable bonds is 0. The van der Waals surface area contributed by atoms with Crippen LogP contribution in [0.3, 0.4) is 0 Å². The van der Waals surface area contributed by atoms with Gasteiger partial charge in [-0.1, -0.05) is 7.43 Å². The molecular weight excluding hydrogens is 82.1 g/mol. The first-order valence-electron chi connectivity index (χ1n) is 0. The molecule has 0 nitrogen and oxygen atoms in total. The lowest BCUT2D eigenvalue weighted by molar-refractivity contribution is 1.11. The van der Waals surface area contributed by atoms with Crippen LogP contribution in [0.25, 0.3) is 0 Å². The Bertz CT molecular complexity index is 6.00. The van der Waals surface area contributed by atoms with Crippen LogP contribution in [0, 0.1) is 0 Å². The molecule has 0 unspecified atom stereocenters. The molecule has 0 bridgehead atoms. The minimum absolute atomic E-state index is 0. The average Bonchev–Trinajstić information content (AvgIpc) is 0. The quantitative estimate of drug-likeness (QED) is 0.417. The second-order valence-corrected chi connectivity index (χ2v) is 0. The van der Waals surface area contributed by atoms with Crippen molar-refractivity contribution in [3.05, 3.63) is 0 Å². The Labute approximate surface area is 31.4 Å². The maximum absolute atomic E-state index is 0. The summed E-state index contributed by atoms with van der Waals surface area (Å²) >= 11 is 0. The van der Waals surface area contributed by atoms with Gasteiger partial charge in [-0.3, -0.25) is 9.41 Å². The molecule has 0 aromatic heterocycles. The zero-order valence-corrected chi connectivity index (χ0v) is 2.32. The highest BCUT2D eigenvalue weighted by Gasteiger charge is -0.0775. The lowest BCUT2D eigenvalue weighted by Crippen LogP contribution is 0.144. The van der Waals surface area contributed by atoms with Crippen LogP contribution in [0.4, 0.5) is 9.41 Å². The highest BCUT2D eigenvalue weighted by atomic mass is 32.1. The van der Waals surface area contributed by atoms with E-state index in [9.17, 15) is 0 Å². The van der Waals surface area contributed by atoms with E-state index in [-0.39, 0.29) is 30.3 Å². The zero-order chi connectivity index (χ0) is 0. The minimum Gasteiger partial charge on any atom is -0.269 e. The van der Waals surface area contributed by atoms with E-state index in [1.807, 2.05) is 0 Å². The first kappa shape index (κ1) is 984. The molecule has 0 aliphatic rings. The highest BCUT2D eigenvalue weighted by molar-refractivity contribution is 7.59. The fraction of sp³-hybridized carbons (Fsp3) is 1.00. The molecule has 0 aromatic carbocycles. The Hall–Kier alpha value is 0.210. The van der Waals surface area contributed by atoms with Crippen molar-refractivity contribution in [2.45, 2.75) is 7.43 Å². The summed E-state index contributed by atoms with van der Waals surface area (Å²) < 4.78 is 0. The molecule has 0 rings (SSSR count). The summed E-state index contributed by atoms with van der Waals surface area (Å²) in [5.74, 6) is 0. The van der Waals surface area contributed by atoms with E-state index >= 15 is 0 Å². The van der Waals surface area contributed by atoms with Gasteiger partial charge in [-0.15, -0.1) is 0 Å². The number of hydrogen-bond acceptors (Lipinski definition) is 0. The lowest BCUT2D eigenvalue weighted by Gasteiger charge is -0.270. The van der Waals surface area contributed by atoms with E-state index in [0.717, 1.165) is 0 Å². The second kappa shape index (κ2) is 356. The standard InChI is InChI=1S/CH4.2FH.H2S/h1H4;2*1H;1H2. The molecule has 32 valence electrons. The molecule has 0 aromatic rings. The van der Waals surface area contributed by atoms with Crippen molar-refractivity contribution in [1.29, 1.82) is 0 Å². The first-order chi connectivity index (χ1) is 0. The predicted molar refractivity (Wildman–Crippen MR) is 22.1 cm³/mol. The monoisotopic (exact) mass is 90.0 g/mol. The third kappa shape index (κ3) is 73.4. The molecule has 0 aliphatic carbocycles. The molecule has 0 saturated carbocycles. The van der Waals surface area contributed by atoms with E-state index in [2.05, 4.69) is 0 Å². The van der Waals surface area contributed by atoms with Crippen molar-refractivity contribution < 1.29 is 9.41 Å². The van der Waals surface area contributed by atoms with Gasteiger partial charge in [0.25, 0.3) is 0 Å². The normalized spacial score (nSPS) is 0. The minimum atomic E-state index is 0. The SMILES string of the molecule is C.F.F.S. The number of halogens is 2. The van der Waals surface area contributed by atoms with Gasteiger partial charge in [0.15, 0.2) is 0 Å². The molecule has 0 amide bonds. The average molecular weight is 90.1 g/mol. The van der Waals surface area contributed by atoms with Crippen LogP contribution in [0.2, 0.25) is 0 Å². The smallest absolute Gasteiger partial charge is 0.0776 e. The summed E-state index contributed by atoms with van der Waals surface area (Å²) in [6, 6.07) is 0. The van der Waals surface area contributed by atoms with Gasteiger partial charge in [-0.05, 0) is 0 Å². The summed E-state index contributed by atoms with van der Waals surface area (Å²) in [7, 11) is 0. The van der Waals surface area contributed by atoms with Crippen LogP contribution in [-0.4, -0.2) is 0 Å². The molecule has 4 heavy (non-hydrogen) atoms. The Morgan fingerprint density at radius 1 is 0.750 bits per heavy atom. The molecule has 0 radical (unpaired) electrons. The molecule has 0 saturated heterocycles. The van der Waals surface area contributed by atoms with Gasteiger partial charge in [0.05, 0.1) is 0 Å². The molecule has 0 fully saturated rings. The van der Waals surface area contributed by atoms with Gasteiger partial charge in [0.2, 0.25) is 0 Å². The van der Waals surface area contributed by atoms with Gasteiger partial charge >= 0.3 is 0 Å². The summed E-state index contributed by atoms with van der Waals surface area (Å²) in [4.78, 5) is 0. The molecule has 0 spiro atoms. The van der Waals surface area contributed by atoms with Crippen molar-refractivity contribution in [2.75, 3.05) is 0 Å². The second-order valence-electron chi connectivity index (χ2n) is 0. The van der Waals surface area contributed by atoms with Crippen LogP contribution in [0.1, 0.15) is 7.43 Å². The zero-order valence-electron chi connectivity index (χ0n) is 1.32. The highest BCUT2D eigenvalue weighted by Crippen LogP contribution is 0.648.